The van der Waals surface area contributed by atoms with Crippen molar-refractivity contribution in [1.29, 1.82) is 0 Å². The third-order valence-corrected chi connectivity index (χ3v) is 8.67. The highest BCUT2D eigenvalue weighted by Crippen LogP contribution is 2.36. The lowest BCUT2D eigenvalue weighted by Crippen LogP contribution is -2.52. The first-order valence-electron chi connectivity index (χ1n) is 11.3. The van der Waals surface area contributed by atoms with Gasteiger partial charge in [0.1, 0.15) is 12.6 Å². The van der Waals surface area contributed by atoms with Crippen molar-refractivity contribution in [1.82, 2.24) is 15.1 Å². The maximum Gasteiger partial charge on any atom is 0.408 e. The highest BCUT2D eigenvalue weighted by molar-refractivity contribution is 7.99. The molecule has 3 heterocycles. The van der Waals surface area contributed by atoms with Crippen LogP contribution in [0, 0.1) is 5.92 Å². The lowest BCUT2D eigenvalue weighted by Gasteiger charge is -2.30. The quantitative estimate of drug-likeness (QED) is 0.438. The van der Waals surface area contributed by atoms with Crippen LogP contribution in [0.4, 0.5) is 4.79 Å². The number of thioether (sulfide) groups is 1. The summed E-state index contributed by atoms with van der Waals surface area (Å²) in [4.78, 5) is 40.2. The molecule has 2 amide bonds. The zero-order valence-electron chi connectivity index (χ0n) is 18.3. The fourth-order valence-electron chi connectivity index (χ4n) is 4.45. The number of amides is 2. The Bertz CT molecular complexity index is 755. The van der Waals surface area contributed by atoms with Crippen LogP contribution in [0.15, 0.2) is 17.5 Å². The van der Waals surface area contributed by atoms with Gasteiger partial charge < -0.3 is 20.4 Å². The standard InChI is InChI=1S/C22H33N3O5S2/c26-20(27)14-24-13-19(18-6-4-12-31-18)32-15-17(21(24)28)25(22(29)30)11-3-1-2-5-16-7-9-23-10-8-16/h4,6,12,16-17,19,23H,1-3,5,7-11,13-15H2,(H,26,27)(H,29,30). The zero-order chi connectivity index (χ0) is 22.9. The maximum atomic E-state index is 13.2. The summed E-state index contributed by atoms with van der Waals surface area (Å²) in [6.45, 7) is 2.32. The number of hydrogen-bond donors (Lipinski definition) is 3. The highest BCUT2D eigenvalue weighted by Gasteiger charge is 2.38. The lowest BCUT2D eigenvalue weighted by molar-refractivity contribution is -0.146. The summed E-state index contributed by atoms with van der Waals surface area (Å²) in [5.41, 5.74) is 0. The molecule has 2 aliphatic rings. The first kappa shape index (κ1) is 24.9. The highest BCUT2D eigenvalue weighted by atomic mass is 32.2. The first-order valence-corrected chi connectivity index (χ1v) is 13.2. The van der Waals surface area contributed by atoms with E-state index in [1.807, 2.05) is 17.5 Å². The van der Waals surface area contributed by atoms with Crippen molar-refractivity contribution < 1.29 is 24.6 Å². The number of carboxylic acid groups (broad SMARTS) is 2. The largest absolute Gasteiger partial charge is 0.480 e. The van der Waals surface area contributed by atoms with Gasteiger partial charge in [-0.25, -0.2) is 4.79 Å². The molecular weight excluding hydrogens is 450 g/mol. The maximum absolute atomic E-state index is 13.2. The van der Waals surface area contributed by atoms with E-state index in [4.69, 9.17) is 0 Å². The van der Waals surface area contributed by atoms with Crippen LogP contribution in [0.1, 0.15) is 48.7 Å². The van der Waals surface area contributed by atoms with E-state index in [0.29, 0.717) is 18.7 Å². The van der Waals surface area contributed by atoms with Crippen molar-refractivity contribution in [3.05, 3.63) is 22.4 Å². The molecule has 8 nitrogen and oxygen atoms in total. The molecule has 2 aliphatic heterocycles. The number of piperidine rings is 1. The van der Waals surface area contributed by atoms with Gasteiger partial charge in [0.15, 0.2) is 0 Å². The molecule has 1 aromatic rings. The summed E-state index contributed by atoms with van der Waals surface area (Å²) in [6, 6.07) is 3.05. The molecular formula is C22H33N3O5S2. The van der Waals surface area contributed by atoms with Crippen molar-refractivity contribution in [2.75, 3.05) is 38.5 Å². The first-order chi connectivity index (χ1) is 15.5. The van der Waals surface area contributed by atoms with E-state index < -0.39 is 30.6 Å². The molecule has 0 aliphatic carbocycles. The SMILES string of the molecule is O=C(O)CN1CC(c2cccs2)SCC(N(CCCCCC2CCNCC2)C(=O)O)C1=O. The minimum Gasteiger partial charge on any atom is -0.480 e. The molecule has 178 valence electrons. The van der Waals surface area contributed by atoms with Gasteiger partial charge in [0, 0.05) is 23.7 Å². The van der Waals surface area contributed by atoms with Crippen molar-refractivity contribution in [2.45, 2.75) is 49.8 Å². The van der Waals surface area contributed by atoms with Gasteiger partial charge in [0.25, 0.3) is 0 Å². The molecule has 1 aromatic heterocycles. The van der Waals surface area contributed by atoms with Gasteiger partial charge in [0.2, 0.25) is 5.91 Å². The zero-order valence-corrected chi connectivity index (χ0v) is 19.9. The summed E-state index contributed by atoms with van der Waals surface area (Å²) in [5.74, 6) is -0.408. The molecule has 2 fully saturated rings. The number of carboxylic acids is 1. The van der Waals surface area contributed by atoms with Crippen LogP contribution >= 0.6 is 23.1 Å². The third-order valence-electron chi connectivity index (χ3n) is 6.22. The van der Waals surface area contributed by atoms with Crippen LogP contribution < -0.4 is 5.32 Å². The topological polar surface area (TPSA) is 110 Å². The Kier molecular flexibility index (Phi) is 9.68. The normalized spacial score (nSPS) is 22.5. The summed E-state index contributed by atoms with van der Waals surface area (Å²) in [5, 5.41) is 24.4. The van der Waals surface area contributed by atoms with Gasteiger partial charge in [0.05, 0.1) is 5.25 Å². The Labute approximate surface area is 197 Å². The van der Waals surface area contributed by atoms with Crippen LogP contribution in [-0.4, -0.2) is 82.5 Å². The number of nitrogens with zero attached hydrogens (tertiary/aromatic N) is 2. The van der Waals surface area contributed by atoms with Gasteiger partial charge in [-0.2, -0.15) is 0 Å². The number of rotatable bonds is 10. The van der Waals surface area contributed by atoms with Crippen LogP contribution in [0.2, 0.25) is 0 Å². The molecule has 10 heteroatoms. The number of carbonyl (C=O) groups is 3. The summed E-state index contributed by atoms with van der Waals surface area (Å²) < 4.78 is 0. The molecule has 32 heavy (non-hydrogen) atoms. The molecule has 2 unspecified atom stereocenters. The third kappa shape index (κ3) is 7.11. The van der Waals surface area contributed by atoms with Gasteiger partial charge in [-0.3, -0.25) is 14.5 Å². The van der Waals surface area contributed by atoms with E-state index in [2.05, 4.69) is 5.32 Å². The molecule has 0 spiro atoms. The van der Waals surface area contributed by atoms with E-state index in [9.17, 15) is 24.6 Å². The number of unbranched alkanes of at least 4 members (excludes halogenated alkanes) is 2. The van der Waals surface area contributed by atoms with E-state index in [1.54, 1.807) is 11.3 Å². The molecule has 0 radical (unpaired) electrons. The average molecular weight is 484 g/mol. The Morgan fingerprint density at radius 1 is 1.19 bits per heavy atom. The molecule has 2 saturated heterocycles. The van der Waals surface area contributed by atoms with Crippen LogP contribution in [0.3, 0.4) is 0 Å². The molecule has 3 rings (SSSR count). The van der Waals surface area contributed by atoms with Crippen molar-refractivity contribution in [2.24, 2.45) is 5.92 Å². The van der Waals surface area contributed by atoms with Gasteiger partial charge >= 0.3 is 12.1 Å². The molecule has 0 bridgehead atoms. The number of aliphatic carboxylic acids is 1. The fourth-order valence-corrected chi connectivity index (χ4v) is 6.79. The minimum absolute atomic E-state index is 0.0519. The second-order valence-electron chi connectivity index (χ2n) is 8.48. The van der Waals surface area contributed by atoms with Crippen molar-refractivity contribution in [3.8, 4) is 0 Å². The Hall–Kier alpha value is -1.78. The number of carbonyl (C=O) groups excluding carboxylic acids is 1. The number of hydrogen-bond acceptors (Lipinski definition) is 6. The predicted octanol–water partition coefficient (Wildman–Crippen LogP) is 3.36. The number of thiophene rings is 1. The van der Waals surface area contributed by atoms with E-state index >= 15 is 0 Å². The fraction of sp³-hybridized carbons (Fsp3) is 0.682. The minimum atomic E-state index is -1.12. The average Bonchev–Trinajstić information content (AvgIpc) is 3.25. The van der Waals surface area contributed by atoms with Crippen LogP contribution in [-0.2, 0) is 9.59 Å². The van der Waals surface area contributed by atoms with E-state index in [1.165, 1.54) is 40.8 Å². The van der Waals surface area contributed by atoms with Gasteiger partial charge in [-0.15, -0.1) is 23.1 Å². The summed E-state index contributed by atoms with van der Waals surface area (Å²) in [7, 11) is 0. The molecule has 3 N–H and O–H groups in total. The van der Waals surface area contributed by atoms with Crippen molar-refractivity contribution in [3.63, 3.8) is 0 Å². The second-order valence-corrected chi connectivity index (χ2v) is 10.7. The van der Waals surface area contributed by atoms with Gasteiger partial charge in [-0.1, -0.05) is 25.3 Å². The van der Waals surface area contributed by atoms with E-state index in [0.717, 1.165) is 36.7 Å². The van der Waals surface area contributed by atoms with E-state index in [-0.39, 0.29) is 11.8 Å². The molecule has 0 saturated carbocycles. The Morgan fingerprint density at radius 3 is 2.62 bits per heavy atom. The molecule has 0 aromatic carbocycles. The Balaban J connectivity index is 1.59. The van der Waals surface area contributed by atoms with Crippen molar-refractivity contribution >= 4 is 41.1 Å². The summed E-state index contributed by atoms with van der Waals surface area (Å²) in [6.07, 6.45) is 5.17. The Morgan fingerprint density at radius 2 is 1.97 bits per heavy atom. The van der Waals surface area contributed by atoms with Crippen LogP contribution in [0.5, 0.6) is 0 Å². The predicted molar refractivity (Wildman–Crippen MR) is 126 cm³/mol. The monoisotopic (exact) mass is 483 g/mol. The number of nitrogens with one attached hydrogen (secondary N) is 1. The summed E-state index contributed by atoms with van der Waals surface area (Å²) >= 11 is 3.10. The second kappa shape index (κ2) is 12.5. The van der Waals surface area contributed by atoms with Crippen LogP contribution in [0.25, 0.3) is 0 Å². The lowest BCUT2D eigenvalue weighted by atomic mass is 9.92. The molecule has 2 atom stereocenters. The smallest absolute Gasteiger partial charge is 0.408 e. The van der Waals surface area contributed by atoms with Gasteiger partial charge in [-0.05, 0) is 49.7 Å².